The van der Waals surface area contributed by atoms with E-state index in [0.717, 1.165) is 22.4 Å². The average molecular weight is 443 g/mol. The SMILES string of the molecule is Cc1cc(C)cc(N=C2NC(=O)/C(=C\c3ccc(-c4ccc(Cl)cc4Cl)o3)S2)c1. The Bertz CT molecular complexity index is 1160. The number of rotatable bonds is 3. The number of benzene rings is 2. The van der Waals surface area contributed by atoms with Crippen LogP contribution in [0.1, 0.15) is 16.9 Å². The van der Waals surface area contributed by atoms with Crippen LogP contribution in [0.5, 0.6) is 0 Å². The maximum atomic E-state index is 12.3. The largest absolute Gasteiger partial charge is 0.457 e. The summed E-state index contributed by atoms with van der Waals surface area (Å²) < 4.78 is 5.85. The number of furan rings is 1. The Morgan fingerprint density at radius 3 is 2.52 bits per heavy atom. The number of carbonyl (C=O) groups is 1. The van der Waals surface area contributed by atoms with E-state index in [0.29, 0.717) is 31.6 Å². The van der Waals surface area contributed by atoms with Crippen LogP contribution in [-0.4, -0.2) is 11.1 Å². The number of thioether (sulfide) groups is 1. The minimum atomic E-state index is -0.208. The molecule has 7 heteroatoms. The molecule has 0 atom stereocenters. The van der Waals surface area contributed by atoms with Gasteiger partial charge in [-0.25, -0.2) is 4.99 Å². The smallest absolute Gasteiger partial charge is 0.264 e. The molecule has 3 aromatic rings. The summed E-state index contributed by atoms with van der Waals surface area (Å²) in [6.07, 6.45) is 1.69. The highest BCUT2D eigenvalue weighted by molar-refractivity contribution is 8.18. The number of carbonyl (C=O) groups excluding carboxylic acids is 1. The van der Waals surface area contributed by atoms with Gasteiger partial charge in [-0.2, -0.15) is 0 Å². The maximum absolute atomic E-state index is 12.3. The second kappa shape index (κ2) is 8.11. The number of nitrogens with one attached hydrogen (secondary N) is 1. The molecule has 1 aliphatic heterocycles. The molecule has 4 rings (SSSR count). The van der Waals surface area contributed by atoms with Crippen LogP contribution in [0.15, 0.2) is 62.8 Å². The minimum absolute atomic E-state index is 0.208. The lowest BCUT2D eigenvalue weighted by Crippen LogP contribution is -2.19. The van der Waals surface area contributed by atoms with E-state index >= 15 is 0 Å². The molecule has 2 heterocycles. The van der Waals surface area contributed by atoms with Gasteiger partial charge in [0.05, 0.1) is 15.6 Å². The Morgan fingerprint density at radius 2 is 1.79 bits per heavy atom. The molecule has 0 spiro atoms. The Hall–Kier alpha value is -2.47. The molecule has 1 amide bonds. The van der Waals surface area contributed by atoms with Crippen molar-refractivity contribution in [3.63, 3.8) is 0 Å². The lowest BCUT2D eigenvalue weighted by atomic mass is 10.1. The summed E-state index contributed by atoms with van der Waals surface area (Å²) in [5, 5.41) is 4.39. The molecule has 1 saturated heterocycles. The molecular formula is C22H16Cl2N2O2S. The van der Waals surface area contributed by atoms with Crippen LogP contribution in [0.4, 0.5) is 5.69 Å². The van der Waals surface area contributed by atoms with E-state index in [9.17, 15) is 4.79 Å². The van der Waals surface area contributed by atoms with Crippen molar-refractivity contribution >= 4 is 57.8 Å². The maximum Gasteiger partial charge on any atom is 0.264 e. The third kappa shape index (κ3) is 4.58. The molecule has 1 aliphatic rings. The van der Waals surface area contributed by atoms with Gasteiger partial charge in [0.1, 0.15) is 11.5 Å². The second-order valence-electron chi connectivity index (χ2n) is 6.65. The van der Waals surface area contributed by atoms with Gasteiger partial charge in [-0.15, -0.1) is 0 Å². The third-order valence-electron chi connectivity index (χ3n) is 4.18. The lowest BCUT2D eigenvalue weighted by Gasteiger charge is -2.01. The first-order chi connectivity index (χ1) is 13.9. The molecule has 1 N–H and O–H groups in total. The van der Waals surface area contributed by atoms with Gasteiger partial charge in [0.2, 0.25) is 0 Å². The Kier molecular flexibility index (Phi) is 5.54. The van der Waals surface area contributed by atoms with E-state index in [-0.39, 0.29) is 5.91 Å². The number of hydrogen-bond donors (Lipinski definition) is 1. The topological polar surface area (TPSA) is 54.6 Å². The summed E-state index contributed by atoms with van der Waals surface area (Å²) in [7, 11) is 0. The zero-order valence-corrected chi connectivity index (χ0v) is 18.0. The van der Waals surface area contributed by atoms with E-state index in [1.54, 1.807) is 30.3 Å². The molecular weight excluding hydrogens is 427 g/mol. The van der Waals surface area contributed by atoms with Crippen LogP contribution in [-0.2, 0) is 4.79 Å². The number of aryl methyl sites for hydroxylation is 2. The van der Waals surface area contributed by atoms with Crippen LogP contribution in [0.2, 0.25) is 10.0 Å². The Labute approximate surface area is 182 Å². The molecule has 0 unspecified atom stereocenters. The first kappa shape index (κ1) is 19.8. The van der Waals surface area contributed by atoms with Gasteiger partial charge < -0.3 is 9.73 Å². The summed E-state index contributed by atoms with van der Waals surface area (Å²) in [5.74, 6) is 0.947. The van der Waals surface area contributed by atoms with Gasteiger partial charge in [-0.1, -0.05) is 29.3 Å². The lowest BCUT2D eigenvalue weighted by molar-refractivity contribution is -0.115. The number of nitrogens with zero attached hydrogens (tertiary/aromatic N) is 1. The molecule has 0 aliphatic carbocycles. The zero-order chi connectivity index (χ0) is 20.5. The highest BCUT2D eigenvalue weighted by Gasteiger charge is 2.24. The van der Waals surface area contributed by atoms with Gasteiger partial charge >= 0.3 is 0 Å². The van der Waals surface area contributed by atoms with Gasteiger partial charge in [0.15, 0.2) is 5.17 Å². The number of hydrogen-bond acceptors (Lipinski definition) is 4. The summed E-state index contributed by atoms with van der Waals surface area (Å²) in [4.78, 5) is 17.4. The fourth-order valence-corrected chi connectivity index (χ4v) is 4.33. The summed E-state index contributed by atoms with van der Waals surface area (Å²) in [5.41, 5.74) is 3.79. The predicted molar refractivity (Wildman–Crippen MR) is 121 cm³/mol. The third-order valence-corrected chi connectivity index (χ3v) is 5.64. The van der Waals surface area contributed by atoms with E-state index in [1.807, 2.05) is 32.0 Å². The van der Waals surface area contributed by atoms with E-state index in [4.69, 9.17) is 27.6 Å². The number of amides is 1. The van der Waals surface area contributed by atoms with E-state index < -0.39 is 0 Å². The van der Waals surface area contributed by atoms with Crippen molar-refractivity contribution in [2.24, 2.45) is 4.99 Å². The first-order valence-corrected chi connectivity index (χ1v) is 10.4. The van der Waals surface area contributed by atoms with Crippen molar-refractivity contribution < 1.29 is 9.21 Å². The predicted octanol–water partition coefficient (Wildman–Crippen LogP) is 6.76. The number of aliphatic imine (C=N–C) groups is 1. The van der Waals surface area contributed by atoms with Crippen molar-refractivity contribution in [2.45, 2.75) is 13.8 Å². The number of halogens is 2. The summed E-state index contributed by atoms with van der Waals surface area (Å²) >= 11 is 13.5. The van der Waals surface area contributed by atoms with Crippen LogP contribution in [0.25, 0.3) is 17.4 Å². The van der Waals surface area contributed by atoms with Crippen molar-refractivity contribution in [3.05, 3.63) is 80.4 Å². The summed E-state index contributed by atoms with van der Waals surface area (Å²) in [6.45, 7) is 4.04. The summed E-state index contributed by atoms with van der Waals surface area (Å²) in [6, 6.07) is 14.8. The fourth-order valence-electron chi connectivity index (χ4n) is 3.01. The molecule has 1 aromatic heterocycles. The highest BCUT2D eigenvalue weighted by Crippen LogP contribution is 2.33. The van der Waals surface area contributed by atoms with Crippen LogP contribution in [0.3, 0.4) is 0 Å². The number of amidine groups is 1. The zero-order valence-electron chi connectivity index (χ0n) is 15.6. The molecule has 4 nitrogen and oxygen atoms in total. The first-order valence-electron chi connectivity index (χ1n) is 8.80. The van der Waals surface area contributed by atoms with E-state index in [2.05, 4.69) is 16.4 Å². The molecule has 0 radical (unpaired) electrons. The van der Waals surface area contributed by atoms with Gasteiger partial charge in [0.25, 0.3) is 5.91 Å². The van der Waals surface area contributed by atoms with Crippen LogP contribution >= 0.6 is 35.0 Å². The van der Waals surface area contributed by atoms with Crippen LogP contribution in [0, 0.1) is 13.8 Å². The minimum Gasteiger partial charge on any atom is -0.457 e. The fraction of sp³-hybridized carbons (Fsp3) is 0.0909. The molecule has 2 aromatic carbocycles. The van der Waals surface area contributed by atoms with Gasteiger partial charge in [0, 0.05) is 16.7 Å². The van der Waals surface area contributed by atoms with Crippen molar-refractivity contribution in [1.82, 2.24) is 5.32 Å². The molecule has 0 bridgehead atoms. The van der Waals surface area contributed by atoms with Crippen LogP contribution < -0.4 is 5.32 Å². The molecule has 29 heavy (non-hydrogen) atoms. The quantitative estimate of drug-likeness (QED) is 0.455. The van der Waals surface area contributed by atoms with Gasteiger partial charge in [-0.3, -0.25) is 4.79 Å². The second-order valence-corrected chi connectivity index (χ2v) is 8.53. The average Bonchev–Trinajstić information content (AvgIpc) is 3.21. The molecule has 1 fully saturated rings. The van der Waals surface area contributed by atoms with Crippen molar-refractivity contribution in [1.29, 1.82) is 0 Å². The normalized spacial score (nSPS) is 16.6. The molecule has 0 saturated carbocycles. The molecule has 146 valence electrons. The Balaban J connectivity index is 1.57. The monoisotopic (exact) mass is 442 g/mol. The Morgan fingerprint density at radius 1 is 1.03 bits per heavy atom. The standard InChI is InChI=1S/C22H16Cl2N2O2S/c1-12-7-13(2)9-15(8-12)25-22-26-21(27)20(29-22)11-16-4-6-19(28-16)17-5-3-14(23)10-18(17)24/h3-11H,1-2H3,(H,25,26,27)/b20-11+. The van der Waals surface area contributed by atoms with Crippen molar-refractivity contribution in [3.8, 4) is 11.3 Å². The van der Waals surface area contributed by atoms with E-state index in [1.165, 1.54) is 11.8 Å². The van der Waals surface area contributed by atoms with Crippen molar-refractivity contribution in [2.75, 3.05) is 0 Å². The van der Waals surface area contributed by atoms with Gasteiger partial charge in [-0.05, 0) is 79.2 Å². The highest BCUT2D eigenvalue weighted by atomic mass is 35.5.